The minimum Gasteiger partial charge on any atom is -0.352 e. The summed E-state index contributed by atoms with van der Waals surface area (Å²) in [5, 5.41) is 5.30. The molecule has 0 bridgehead atoms. The fourth-order valence-corrected chi connectivity index (χ4v) is 0.976. The predicted molar refractivity (Wildman–Crippen MR) is 52.6 cm³/mol. The van der Waals surface area contributed by atoms with E-state index in [1.165, 1.54) is 0 Å². The lowest BCUT2D eigenvalue weighted by atomic mass is 10.4. The molecule has 0 heterocycles. The van der Waals surface area contributed by atoms with Crippen LogP contribution in [0.5, 0.6) is 0 Å². The van der Waals surface area contributed by atoms with Gasteiger partial charge >= 0.3 is 0 Å². The second-order valence-electron chi connectivity index (χ2n) is 3.18. The molecule has 1 atom stereocenters. The van der Waals surface area contributed by atoms with Crippen molar-refractivity contribution in [3.05, 3.63) is 0 Å². The molecule has 0 radical (unpaired) electrons. The maximum Gasteiger partial charge on any atom is 0.239 e. The van der Waals surface area contributed by atoms with Crippen LogP contribution >= 0.6 is 15.9 Å². The maximum absolute atomic E-state index is 11.1. The van der Waals surface area contributed by atoms with Gasteiger partial charge in [-0.3, -0.25) is 9.59 Å². The summed E-state index contributed by atoms with van der Waals surface area (Å²) in [6.07, 6.45) is 2.13. The zero-order valence-electron chi connectivity index (χ0n) is 7.47. The Bertz CT molecular complexity index is 214. The van der Waals surface area contributed by atoms with Crippen LogP contribution in [0.15, 0.2) is 0 Å². The average molecular weight is 249 g/mol. The van der Waals surface area contributed by atoms with Gasteiger partial charge in [-0.2, -0.15) is 0 Å². The van der Waals surface area contributed by atoms with Gasteiger partial charge in [-0.25, -0.2) is 0 Å². The lowest BCUT2D eigenvalue weighted by Crippen LogP contribution is -2.39. The van der Waals surface area contributed by atoms with Crippen LogP contribution in [0.2, 0.25) is 0 Å². The summed E-state index contributed by atoms with van der Waals surface area (Å²) in [4.78, 5) is 21.8. The molecule has 1 rings (SSSR count). The van der Waals surface area contributed by atoms with E-state index in [2.05, 4.69) is 26.6 Å². The van der Waals surface area contributed by atoms with E-state index in [4.69, 9.17) is 0 Å². The Hall–Kier alpha value is -0.580. The van der Waals surface area contributed by atoms with Gasteiger partial charge < -0.3 is 10.6 Å². The zero-order valence-corrected chi connectivity index (χ0v) is 9.06. The number of rotatable bonds is 4. The Labute approximate surface area is 85.6 Å². The number of nitrogens with one attached hydrogen (secondary N) is 2. The molecule has 1 aliphatic rings. The minimum absolute atomic E-state index is 0.0747. The number of amides is 2. The number of carbonyl (C=O) groups excluding carboxylic acids is 2. The quantitative estimate of drug-likeness (QED) is 0.697. The lowest BCUT2D eigenvalue weighted by molar-refractivity contribution is -0.125. The van der Waals surface area contributed by atoms with Gasteiger partial charge in [0.15, 0.2) is 0 Å². The number of halogens is 1. The molecule has 0 aromatic heterocycles. The third-order valence-electron chi connectivity index (χ3n) is 1.73. The molecular formula is C8H13BrN2O2. The second-order valence-corrected chi connectivity index (χ2v) is 4.55. The Balaban J connectivity index is 2.09. The monoisotopic (exact) mass is 248 g/mol. The molecule has 13 heavy (non-hydrogen) atoms. The Kier molecular flexibility index (Phi) is 3.71. The van der Waals surface area contributed by atoms with Gasteiger partial charge in [0.2, 0.25) is 11.8 Å². The number of carbonyl (C=O) groups is 2. The molecule has 1 aliphatic carbocycles. The van der Waals surface area contributed by atoms with E-state index in [1.807, 2.05) is 0 Å². The first-order valence-corrected chi connectivity index (χ1v) is 5.22. The van der Waals surface area contributed by atoms with Crippen LogP contribution in [0, 0.1) is 0 Å². The number of alkyl halides is 1. The number of hydrogen-bond acceptors (Lipinski definition) is 2. The largest absolute Gasteiger partial charge is 0.352 e. The van der Waals surface area contributed by atoms with Crippen molar-refractivity contribution in [1.29, 1.82) is 0 Å². The van der Waals surface area contributed by atoms with Crippen LogP contribution in [-0.4, -0.2) is 29.2 Å². The van der Waals surface area contributed by atoms with Crippen LogP contribution in [0.3, 0.4) is 0 Å². The third kappa shape index (κ3) is 4.26. The first-order chi connectivity index (χ1) is 6.09. The molecule has 1 fully saturated rings. The smallest absolute Gasteiger partial charge is 0.239 e. The van der Waals surface area contributed by atoms with Crippen molar-refractivity contribution < 1.29 is 9.59 Å². The SMILES string of the molecule is CC(Br)C(=O)NCC(=O)NC1CC1. The normalized spacial score (nSPS) is 17.7. The topological polar surface area (TPSA) is 58.2 Å². The highest BCUT2D eigenvalue weighted by Crippen LogP contribution is 2.18. The molecule has 2 amide bonds. The summed E-state index contributed by atoms with van der Waals surface area (Å²) in [6.45, 7) is 1.79. The van der Waals surface area contributed by atoms with E-state index in [0.717, 1.165) is 12.8 Å². The second kappa shape index (κ2) is 4.60. The summed E-state index contributed by atoms with van der Waals surface area (Å²) in [5.74, 6) is -0.269. The summed E-state index contributed by atoms with van der Waals surface area (Å²) in [6, 6.07) is 0.353. The first-order valence-electron chi connectivity index (χ1n) is 4.30. The van der Waals surface area contributed by atoms with Crippen LogP contribution in [-0.2, 0) is 9.59 Å². The fourth-order valence-electron chi connectivity index (χ4n) is 0.814. The van der Waals surface area contributed by atoms with Crippen LogP contribution < -0.4 is 10.6 Å². The van der Waals surface area contributed by atoms with Crippen molar-refractivity contribution in [2.24, 2.45) is 0 Å². The molecule has 1 saturated carbocycles. The van der Waals surface area contributed by atoms with Gasteiger partial charge in [-0.15, -0.1) is 0 Å². The standard InChI is InChI=1S/C8H13BrN2O2/c1-5(9)8(13)10-4-7(12)11-6-2-3-6/h5-6H,2-4H2,1H3,(H,10,13)(H,11,12). The molecule has 0 saturated heterocycles. The zero-order chi connectivity index (χ0) is 9.84. The maximum atomic E-state index is 11.1. The van der Waals surface area contributed by atoms with E-state index < -0.39 is 0 Å². The lowest BCUT2D eigenvalue weighted by Gasteiger charge is -2.06. The van der Waals surface area contributed by atoms with E-state index in [-0.39, 0.29) is 23.2 Å². The van der Waals surface area contributed by atoms with Crippen LogP contribution in [0.25, 0.3) is 0 Å². The Morgan fingerprint density at radius 2 is 2.15 bits per heavy atom. The predicted octanol–water partition coefficient (Wildman–Crippen LogP) is 0.165. The van der Waals surface area contributed by atoms with Crippen molar-refractivity contribution >= 4 is 27.7 Å². The summed E-state index contributed by atoms with van der Waals surface area (Å²) in [5.41, 5.74) is 0. The van der Waals surface area contributed by atoms with E-state index in [9.17, 15) is 9.59 Å². The van der Waals surface area contributed by atoms with Crippen LogP contribution in [0.4, 0.5) is 0 Å². The minimum atomic E-state index is -0.249. The average Bonchev–Trinajstić information content (AvgIpc) is 2.83. The molecule has 0 aromatic rings. The highest BCUT2D eigenvalue weighted by molar-refractivity contribution is 9.10. The molecule has 74 valence electrons. The van der Waals surface area contributed by atoms with Crippen LogP contribution in [0.1, 0.15) is 19.8 Å². The molecular weight excluding hydrogens is 236 g/mol. The first kappa shape index (κ1) is 10.5. The van der Waals surface area contributed by atoms with E-state index >= 15 is 0 Å². The summed E-state index contributed by atoms with van der Waals surface area (Å²) >= 11 is 3.11. The van der Waals surface area contributed by atoms with Crippen molar-refractivity contribution in [2.75, 3.05) is 6.54 Å². The van der Waals surface area contributed by atoms with Gasteiger partial charge in [0.1, 0.15) is 0 Å². The molecule has 1 unspecified atom stereocenters. The molecule has 0 aromatic carbocycles. The molecule has 2 N–H and O–H groups in total. The van der Waals surface area contributed by atoms with Gasteiger partial charge in [-0.05, 0) is 19.8 Å². The van der Waals surface area contributed by atoms with Gasteiger partial charge in [0.05, 0.1) is 11.4 Å². The van der Waals surface area contributed by atoms with Crippen molar-refractivity contribution in [2.45, 2.75) is 30.6 Å². The van der Waals surface area contributed by atoms with E-state index in [1.54, 1.807) is 6.92 Å². The highest BCUT2D eigenvalue weighted by atomic mass is 79.9. The van der Waals surface area contributed by atoms with Crippen molar-refractivity contribution in [3.8, 4) is 0 Å². The van der Waals surface area contributed by atoms with E-state index in [0.29, 0.717) is 6.04 Å². The summed E-state index contributed by atoms with van der Waals surface area (Å²) in [7, 11) is 0. The summed E-state index contributed by atoms with van der Waals surface area (Å²) < 4.78 is 0. The van der Waals surface area contributed by atoms with Crippen molar-refractivity contribution in [3.63, 3.8) is 0 Å². The van der Waals surface area contributed by atoms with Gasteiger partial charge in [-0.1, -0.05) is 15.9 Å². The molecule has 0 spiro atoms. The molecule has 4 nitrogen and oxygen atoms in total. The molecule has 5 heteroatoms. The third-order valence-corrected chi connectivity index (χ3v) is 2.14. The van der Waals surface area contributed by atoms with Gasteiger partial charge in [0.25, 0.3) is 0 Å². The fraction of sp³-hybridized carbons (Fsp3) is 0.750. The molecule has 0 aliphatic heterocycles. The number of hydrogen-bond donors (Lipinski definition) is 2. The van der Waals surface area contributed by atoms with Gasteiger partial charge in [0, 0.05) is 6.04 Å². The highest BCUT2D eigenvalue weighted by Gasteiger charge is 2.23. The van der Waals surface area contributed by atoms with Crippen molar-refractivity contribution in [1.82, 2.24) is 10.6 Å². The Morgan fingerprint density at radius 3 is 2.62 bits per heavy atom. The Morgan fingerprint density at radius 1 is 1.54 bits per heavy atom.